The van der Waals surface area contributed by atoms with Crippen molar-refractivity contribution in [1.29, 1.82) is 0 Å². The Bertz CT molecular complexity index is 523. The molecule has 0 radical (unpaired) electrons. The van der Waals surface area contributed by atoms with Crippen LogP contribution in [0.4, 0.5) is 0 Å². The number of ether oxygens (including phenoxy) is 1. The van der Waals surface area contributed by atoms with E-state index in [1.165, 1.54) is 6.20 Å². The van der Waals surface area contributed by atoms with Crippen LogP contribution in [0.5, 0.6) is 11.6 Å². The second-order valence-electron chi connectivity index (χ2n) is 3.31. The van der Waals surface area contributed by atoms with E-state index < -0.39 is 5.91 Å². The Morgan fingerprint density at radius 3 is 2.41 bits per heavy atom. The first-order chi connectivity index (χ1) is 8.15. The number of rotatable bonds is 3. The summed E-state index contributed by atoms with van der Waals surface area (Å²) in [7, 11) is 0. The number of hydrogen-bond acceptors (Lipinski definition) is 3. The normalized spacial score (nSPS) is 9.94. The molecule has 1 aromatic carbocycles. The van der Waals surface area contributed by atoms with Gasteiger partial charge in [0.2, 0.25) is 11.8 Å². The first-order valence-corrected chi connectivity index (χ1v) is 5.92. The maximum Gasteiger partial charge on any atom is 0.250 e. The fourth-order valence-corrected chi connectivity index (χ4v) is 1.57. The van der Waals surface area contributed by atoms with E-state index in [4.69, 9.17) is 10.5 Å². The van der Waals surface area contributed by atoms with E-state index in [0.29, 0.717) is 17.2 Å². The molecule has 17 heavy (non-hydrogen) atoms. The fraction of sp³-hybridized carbons (Fsp3) is 0. The highest BCUT2D eigenvalue weighted by Crippen LogP contribution is 2.20. The minimum atomic E-state index is -0.502. The maximum atomic E-state index is 10.8. The average molecular weight is 340 g/mol. The van der Waals surface area contributed by atoms with Crippen molar-refractivity contribution < 1.29 is 9.53 Å². The predicted molar refractivity (Wildman–Crippen MR) is 72.0 cm³/mol. The molecule has 1 aromatic heterocycles. The highest BCUT2D eigenvalue weighted by Gasteiger charge is 2.02. The number of aromatic nitrogens is 1. The molecule has 2 aromatic rings. The van der Waals surface area contributed by atoms with Gasteiger partial charge in [-0.25, -0.2) is 4.98 Å². The zero-order valence-electron chi connectivity index (χ0n) is 8.76. The second kappa shape index (κ2) is 5.13. The van der Waals surface area contributed by atoms with Gasteiger partial charge >= 0.3 is 0 Å². The Hall–Kier alpha value is -1.63. The molecule has 1 amide bonds. The summed E-state index contributed by atoms with van der Waals surface area (Å²) in [5.74, 6) is 0.624. The summed E-state index contributed by atoms with van der Waals surface area (Å²) < 4.78 is 6.63. The van der Waals surface area contributed by atoms with Gasteiger partial charge in [-0.15, -0.1) is 0 Å². The van der Waals surface area contributed by atoms with E-state index in [9.17, 15) is 4.79 Å². The smallest absolute Gasteiger partial charge is 0.250 e. The third-order valence-electron chi connectivity index (χ3n) is 2.06. The van der Waals surface area contributed by atoms with Crippen molar-refractivity contribution in [2.75, 3.05) is 0 Å². The molecule has 2 rings (SSSR count). The Balaban J connectivity index is 2.13. The third kappa shape index (κ3) is 3.16. The quantitative estimate of drug-likeness (QED) is 0.874. The van der Waals surface area contributed by atoms with E-state index in [2.05, 4.69) is 27.6 Å². The molecule has 2 N–H and O–H groups in total. The highest BCUT2D eigenvalue weighted by atomic mass is 127. The molecular formula is C12H9IN2O2. The number of amides is 1. The summed E-state index contributed by atoms with van der Waals surface area (Å²) in [5.41, 5.74) is 5.47. The van der Waals surface area contributed by atoms with Crippen molar-refractivity contribution >= 4 is 28.5 Å². The number of nitrogens with two attached hydrogens (primary N) is 1. The zero-order valence-corrected chi connectivity index (χ0v) is 10.9. The SMILES string of the molecule is NC(=O)c1ccc(Oc2ccc(I)cc2)nc1. The minimum absolute atomic E-state index is 0.361. The molecule has 0 fully saturated rings. The van der Waals surface area contributed by atoms with Gasteiger partial charge in [0.15, 0.2) is 0 Å². The largest absolute Gasteiger partial charge is 0.439 e. The van der Waals surface area contributed by atoms with Crippen LogP contribution in [-0.2, 0) is 0 Å². The van der Waals surface area contributed by atoms with Gasteiger partial charge in [0.1, 0.15) is 5.75 Å². The van der Waals surface area contributed by atoms with Crippen molar-refractivity contribution in [3.63, 3.8) is 0 Å². The number of pyridine rings is 1. The van der Waals surface area contributed by atoms with Gasteiger partial charge in [0.05, 0.1) is 5.56 Å². The van der Waals surface area contributed by atoms with Crippen LogP contribution in [0, 0.1) is 3.57 Å². The molecule has 0 spiro atoms. The van der Waals surface area contributed by atoms with Gasteiger partial charge in [-0.2, -0.15) is 0 Å². The lowest BCUT2D eigenvalue weighted by Gasteiger charge is -2.04. The summed E-state index contributed by atoms with van der Waals surface area (Å²) in [6.45, 7) is 0. The van der Waals surface area contributed by atoms with Crippen molar-refractivity contribution in [2.24, 2.45) is 5.73 Å². The summed E-state index contributed by atoms with van der Waals surface area (Å²) >= 11 is 2.22. The summed E-state index contributed by atoms with van der Waals surface area (Å²) in [6, 6.07) is 10.8. The van der Waals surface area contributed by atoms with Crippen molar-refractivity contribution in [2.45, 2.75) is 0 Å². The molecule has 0 aliphatic carbocycles. The van der Waals surface area contributed by atoms with Gasteiger partial charge in [0.25, 0.3) is 0 Å². The van der Waals surface area contributed by atoms with Crippen LogP contribution in [0.1, 0.15) is 10.4 Å². The molecule has 0 aliphatic heterocycles. The van der Waals surface area contributed by atoms with Gasteiger partial charge in [-0.3, -0.25) is 4.79 Å². The lowest BCUT2D eigenvalue weighted by Crippen LogP contribution is -2.10. The molecule has 4 nitrogen and oxygen atoms in total. The monoisotopic (exact) mass is 340 g/mol. The van der Waals surface area contributed by atoms with E-state index in [-0.39, 0.29) is 0 Å². The molecule has 0 aliphatic rings. The summed E-state index contributed by atoms with van der Waals surface area (Å²) in [5, 5.41) is 0. The van der Waals surface area contributed by atoms with Crippen LogP contribution < -0.4 is 10.5 Å². The standard InChI is InChI=1S/C12H9IN2O2/c13-9-2-4-10(5-3-9)17-11-6-1-8(7-15-11)12(14)16/h1-7H,(H2,14,16). The Kier molecular flexibility index (Phi) is 3.58. The van der Waals surface area contributed by atoms with E-state index in [1.807, 2.05) is 24.3 Å². The lowest BCUT2D eigenvalue weighted by atomic mass is 10.3. The summed E-state index contributed by atoms with van der Waals surface area (Å²) in [6.07, 6.45) is 1.39. The number of carbonyl (C=O) groups is 1. The van der Waals surface area contributed by atoms with Crippen LogP contribution in [0.2, 0.25) is 0 Å². The zero-order chi connectivity index (χ0) is 12.3. The van der Waals surface area contributed by atoms with E-state index in [0.717, 1.165) is 3.57 Å². The summed E-state index contributed by atoms with van der Waals surface area (Å²) in [4.78, 5) is 14.8. The van der Waals surface area contributed by atoms with Crippen LogP contribution in [0.25, 0.3) is 0 Å². The molecule has 0 unspecified atom stereocenters. The fourth-order valence-electron chi connectivity index (χ4n) is 1.21. The Morgan fingerprint density at radius 2 is 1.88 bits per heavy atom. The van der Waals surface area contributed by atoms with Gasteiger partial charge in [0, 0.05) is 15.8 Å². The van der Waals surface area contributed by atoms with Gasteiger partial charge in [-0.1, -0.05) is 0 Å². The molecule has 1 heterocycles. The molecule has 0 saturated heterocycles. The van der Waals surface area contributed by atoms with Crippen LogP contribution in [0.3, 0.4) is 0 Å². The number of nitrogens with zero attached hydrogens (tertiary/aromatic N) is 1. The van der Waals surface area contributed by atoms with Crippen LogP contribution in [0.15, 0.2) is 42.6 Å². The molecule has 5 heteroatoms. The Morgan fingerprint density at radius 1 is 1.18 bits per heavy atom. The molecule has 0 saturated carbocycles. The van der Waals surface area contributed by atoms with Crippen molar-refractivity contribution in [3.8, 4) is 11.6 Å². The van der Waals surface area contributed by atoms with Crippen LogP contribution in [-0.4, -0.2) is 10.9 Å². The number of carbonyl (C=O) groups excluding carboxylic acids is 1. The number of halogens is 1. The molecular weight excluding hydrogens is 331 g/mol. The third-order valence-corrected chi connectivity index (χ3v) is 2.78. The second-order valence-corrected chi connectivity index (χ2v) is 4.55. The molecule has 0 atom stereocenters. The Labute approximate surface area is 112 Å². The lowest BCUT2D eigenvalue weighted by molar-refractivity contribution is 0.1000. The topological polar surface area (TPSA) is 65.2 Å². The van der Waals surface area contributed by atoms with Crippen molar-refractivity contribution in [1.82, 2.24) is 4.98 Å². The average Bonchev–Trinajstić information content (AvgIpc) is 2.33. The number of primary amides is 1. The van der Waals surface area contributed by atoms with Crippen molar-refractivity contribution in [3.05, 3.63) is 51.7 Å². The van der Waals surface area contributed by atoms with Crippen LogP contribution >= 0.6 is 22.6 Å². The van der Waals surface area contributed by atoms with E-state index in [1.54, 1.807) is 12.1 Å². The minimum Gasteiger partial charge on any atom is -0.439 e. The van der Waals surface area contributed by atoms with Gasteiger partial charge < -0.3 is 10.5 Å². The maximum absolute atomic E-state index is 10.8. The van der Waals surface area contributed by atoms with Gasteiger partial charge in [-0.05, 0) is 52.9 Å². The molecule has 0 bridgehead atoms. The highest BCUT2D eigenvalue weighted by molar-refractivity contribution is 14.1. The first-order valence-electron chi connectivity index (χ1n) is 4.84. The first kappa shape index (κ1) is 11.8. The number of hydrogen-bond donors (Lipinski definition) is 1. The predicted octanol–water partition coefficient (Wildman–Crippen LogP) is 2.58. The van der Waals surface area contributed by atoms with E-state index >= 15 is 0 Å². The molecule has 86 valence electrons. The number of benzene rings is 1.